The molecule has 106 valence electrons. The van der Waals surface area contributed by atoms with Gasteiger partial charge in [-0.1, -0.05) is 0 Å². The number of amides is 1. The van der Waals surface area contributed by atoms with Gasteiger partial charge in [-0.15, -0.1) is 0 Å². The first-order valence-electron chi connectivity index (χ1n) is 6.52. The summed E-state index contributed by atoms with van der Waals surface area (Å²) < 4.78 is 14.7. The zero-order chi connectivity index (χ0) is 14.9. The van der Waals surface area contributed by atoms with Crippen LogP contribution in [0.5, 0.6) is 0 Å². The molecule has 1 N–H and O–H groups in total. The molecule has 0 radical (unpaired) electrons. The van der Waals surface area contributed by atoms with Gasteiger partial charge >= 0.3 is 0 Å². The van der Waals surface area contributed by atoms with E-state index in [2.05, 4.69) is 10.4 Å². The van der Waals surface area contributed by atoms with Crippen molar-refractivity contribution in [2.45, 2.75) is 33.7 Å². The molecule has 0 aliphatic rings. The summed E-state index contributed by atoms with van der Waals surface area (Å²) in [5.41, 5.74) is 2.81. The van der Waals surface area contributed by atoms with Crippen molar-refractivity contribution in [2.24, 2.45) is 0 Å². The Balaban J connectivity index is 2.26. The van der Waals surface area contributed by atoms with Gasteiger partial charge in [0.1, 0.15) is 5.82 Å². The third-order valence-electron chi connectivity index (χ3n) is 3.16. The summed E-state index contributed by atoms with van der Waals surface area (Å²) >= 11 is 0. The minimum atomic E-state index is -0.360. The van der Waals surface area contributed by atoms with Crippen LogP contribution in [0.25, 0.3) is 0 Å². The largest absolute Gasteiger partial charge is 0.319 e. The summed E-state index contributed by atoms with van der Waals surface area (Å²) in [5.74, 6) is -0.624. The first-order valence-corrected chi connectivity index (χ1v) is 6.52. The molecule has 1 amide bonds. The molecule has 5 heteroatoms. The van der Waals surface area contributed by atoms with Crippen LogP contribution in [-0.2, 0) is 0 Å². The van der Waals surface area contributed by atoms with Crippen LogP contribution in [0.4, 0.5) is 10.1 Å². The summed E-state index contributed by atoms with van der Waals surface area (Å²) in [7, 11) is 0. The van der Waals surface area contributed by atoms with E-state index in [4.69, 9.17) is 0 Å². The zero-order valence-corrected chi connectivity index (χ0v) is 12.1. The second kappa shape index (κ2) is 5.45. The molecule has 0 saturated heterocycles. The number of anilines is 1. The quantitative estimate of drug-likeness (QED) is 0.932. The fourth-order valence-electron chi connectivity index (χ4n) is 2.13. The van der Waals surface area contributed by atoms with Gasteiger partial charge in [-0.3, -0.25) is 9.48 Å². The Kier molecular flexibility index (Phi) is 3.88. The third-order valence-corrected chi connectivity index (χ3v) is 3.16. The van der Waals surface area contributed by atoms with Crippen molar-refractivity contribution in [3.8, 4) is 0 Å². The highest BCUT2D eigenvalue weighted by Gasteiger charge is 2.16. The van der Waals surface area contributed by atoms with Crippen LogP contribution in [0, 0.1) is 19.7 Å². The molecule has 1 aromatic carbocycles. The van der Waals surface area contributed by atoms with E-state index in [9.17, 15) is 9.18 Å². The van der Waals surface area contributed by atoms with Gasteiger partial charge in [0.05, 0.1) is 17.1 Å². The lowest BCUT2D eigenvalue weighted by molar-refractivity contribution is 0.102. The normalized spacial score (nSPS) is 10.9. The Hall–Kier alpha value is -2.17. The first-order chi connectivity index (χ1) is 9.40. The van der Waals surface area contributed by atoms with Gasteiger partial charge in [0.2, 0.25) is 0 Å². The molecule has 2 aromatic rings. The van der Waals surface area contributed by atoms with Gasteiger partial charge in [-0.05, 0) is 52.0 Å². The zero-order valence-electron chi connectivity index (χ0n) is 12.1. The van der Waals surface area contributed by atoms with E-state index in [0.717, 1.165) is 11.4 Å². The number of hydrogen-bond donors (Lipinski definition) is 1. The topological polar surface area (TPSA) is 46.9 Å². The number of halogens is 1. The number of hydrogen-bond acceptors (Lipinski definition) is 2. The molecule has 0 spiro atoms. The summed E-state index contributed by atoms with van der Waals surface area (Å²) in [6.07, 6.45) is 0. The van der Waals surface area contributed by atoms with Crippen LogP contribution in [0.1, 0.15) is 41.6 Å². The van der Waals surface area contributed by atoms with E-state index in [0.29, 0.717) is 11.3 Å². The van der Waals surface area contributed by atoms with E-state index in [1.54, 1.807) is 0 Å². The molecule has 1 heterocycles. The Morgan fingerprint density at radius 1 is 1.25 bits per heavy atom. The van der Waals surface area contributed by atoms with Crippen LogP contribution in [-0.4, -0.2) is 15.7 Å². The van der Waals surface area contributed by atoms with Crippen molar-refractivity contribution in [2.75, 3.05) is 5.32 Å². The molecule has 20 heavy (non-hydrogen) atoms. The molecule has 0 atom stereocenters. The van der Waals surface area contributed by atoms with Gasteiger partial charge < -0.3 is 5.32 Å². The molecule has 2 rings (SSSR count). The molecular weight excluding hydrogens is 257 g/mol. The summed E-state index contributed by atoms with van der Waals surface area (Å²) in [6.45, 7) is 7.84. The summed E-state index contributed by atoms with van der Waals surface area (Å²) in [4.78, 5) is 12.1. The maximum atomic E-state index is 12.9. The van der Waals surface area contributed by atoms with Crippen LogP contribution in [0.15, 0.2) is 24.3 Å². The van der Waals surface area contributed by atoms with E-state index < -0.39 is 0 Å². The van der Waals surface area contributed by atoms with Gasteiger partial charge in [0, 0.05) is 11.6 Å². The lowest BCUT2D eigenvalue weighted by Crippen LogP contribution is -2.13. The number of nitrogens with one attached hydrogen (secondary N) is 1. The minimum Gasteiger partial charge on any atom is -0.319 e. The van der Waals surface area contributed by atoms with Gasteiger partial charge in [0.25, 0.3) is 5.91 Å². The second-order valence-electron chi connectivity index (χ2n) is 5.05. The predicted molar refractivity (Wildman–Crippen MR) is 76.4 cm³/mol. The standard InChI is InChI=1S/C15H18FN3O/c1-9(2)19-11(4)14(10(3)18-19)17-15(20)12-5-7-13(16)8-6-12/h5-9H,1-4H3,(H,17,20). The van der Waals surface area contributed by atoms with E-state index in [1.807, 2.05) is 32.4 Å². The van der Waals surface area contributed by atoms with Crippen LogP contribution in [0.3, 0.4) is 0 Å². The SMILES string of the molecule is Cc1nn(C(C)C)c(C)c1NC(=O)c1ccc(F)cc1. The number of rotatable bonds is 3. The maximum Gasteiger partial charge on any atom is 0.255 e. The summed E-state index contributed by atoms with van der Waals surface area (Å²) in [5, 5.41) is 7.26. The molecular formula is C15H18FN3O. The smallest absolute Gasteiger partial charge is 0.255 e. The average molecular weight is 275 g/mol. The van der Waals surface area contributed by atoms with E-state index >= 15 is 0 Å². The second-order valence-corrected chi connectivity index (χ2v) is 5.05. The molecule has 0 aliphatic heterocycles. The Bertz CT molecular complexity index is 629. The van der Waals surface area contributed by atoms with Crippen molar-refractivity contribution >= 4 is 11.6 Å². The van der Waals surface area contributed by atoms with Crippen molar-refractivity contribution in [3.63, 3.8) is 0 Å². The average Bonchev–Trinajstić information content (AvgIpc) is 2.67. The highest BCUT2D eigenvalue weighted by atomic mass is 19.1. The summed E-state index contributed by atoms with van der Waals surface area (Å²) in [6, 6.07) is 5.69. The minimum absolute atomic E-state index is 0.227. The van der Waals surface area contributed by atoms with Crippen LogP contribution < -0.4 is 5.32 Å². The van der Waals surface area contributed by atoms with Gasteiger partial charge in [-0.2, -0.15) is 5.10 Å². The molecule has 0 aliphatic carbocycles. The number of aromatic nitrogens is 2. The Morgan fingerprint density at radius 2 is 1.85 bits per heavy atom. The van der Waals surface area contributed by atoms with E-state index in [-0.39, 0.29) is 17.8 Å². The highest BCUT2D eigenvalue weighted by molar-refractivity contribution is 6.04. The Morgan fingerprint density at radius 3 is 2.35 bits per heavy atom. The molecule has 0 bridgehead atoms. The fourth-order valence-corrected chi connectivity index (χ4v) is 2.13. The number of nitrogens with zero attached hydrogens (tertiary/aromatic N) is 2. The maximum absolute atomic E-state index is 12.9. The number of carbonyl (C=O) groups excluding carboxylic acids is 1. The van der Waals surface area contributed by atoms with Crippen molar-refractivity contribution in [3.05, 3.63) is 47.0 Å². The number of aryl methyl sites for hydroxylation is 1. The third kappa shape index (κ3) is 2.71. The molecule has 0 fully saturated rings. The number of carbonyl (C=O) groups is 1. The number of benzene rings is 1. The molecule has 1 aromatic heterocycles. The molecule has 0 unspecified atom stereocenters. The van der Waals surface area contributed by atoms with Gasteiger partial charge in [0.15, 0.2) is 0 Å². The van der Waals surface area contributed by atoms with Crippen molar-refractivity contribution < 1.29 is 9.18 Å². The first kappa shape index (κ1) is 14.2. The van der Waals surface area contributed by atoms with Crippen LogP contribution >= 0.6 is 0 Å². The lowest BCUT2D eigenvalue weighted by Gasteiger charge is -2.09. The van der Waals surface area contributed by atoms with E-state index in [1.165, 1.54) is 24.3 Å². The van der Waals surface area contributed by atoms with Crippen molar-refractivity contribution in [1.29, 1.82) is 0 Å². The molecule has 0 saturated carbocycles. The highest BCUT2D eigenvalue weighted by Crippen LogP contribution is 2.23. The predicted octanol–water partition coefficient (Wildman–Crippen LogP) is 3.47. The fraction of sp³-hybridized carbons (Fsp3) is 0.333. The lowest BCUT2D eigenvalue weighted by atomic mass is 10.2. The van der Waals surface area contributed by atoms with Gasteiger partial charge in [-0.25, -0.2) is 4.39 Å². The molecule has 4 nitrogen and oxygen atoms in total. The Labute approximate surface area is 117 Å². The van der Waals surface area contributed by atoms with Crippen molar-refractivity contribution in [1.82, 2.24) is 9.78 Å². The monoisotopic (exact) mass is 275 g/mol. The van der Waals surface area contributed by atoms with Crippen LogP contribution in [0.2, 0.25) is 0 Å².